The number of nitrogens with one attached hydrogen (secondary N) is 2. The predicted octanol–water partition coefficient (Wildman–Crippen LogP) is 4.36. The number of fused-ring (bicyclic) bond motifs is 2. The maximum Gasteiger partial charge on any atom is 0.223 e. The molecular weight excluding hydrogens is 454 g/mol. The molecule has 0 bridgehead atoms. The van der Waals surface area contributed by atoms with Crippen molar-refractivity contribution < 1.29 is 9.53 Å². The number of likely N-dealkylation sites (tertiary alicyclic amines) is 1. The van der Waals surface area contributed by atoms with Crippen molar-refractivity contribution in [2.75, 3.05) is 25.0 Å². The van der Waals surface area contributed by atoms with E-state index in [0.717, 1.165) is 42.4 Å². The Labute approximate surface area is 201 Å². The van der Waals surface area contributed by atoms with Crippen LogP contribution in [0.1, 0.15) is 38.4 Å². The minimum absolute atomic E-state index is 0.129. The first kappa shape index (κ1) is 22.3. The Morgan fingerprint density at radius 2 is 2.12 bits per heavy atom. The molecule has 1 saturated heterocycles. The summed E-state index contributed by atoms with van der Waals surface area (Å²) < 4.78 is 6.26. The molecule has 5 rings (SSSR count). The lowest BCUT2D eigenvalue weighted by Crippen LogP contribution is -2.38. The summed E-state index contributed by atoms with van der Waals surface area (Å²) >= 11 is 6.54. The quantitative estimate of drug-likeness (QED) is 0.422. The number of imidazole rings is 1. The molecule has 10 heteroatoms. The van der Waals surface area contributed by atoms with E-state index in [9.17, 15) is 4.79 Å². The van der Waals surface area contributed by atoms with Gasteiger partial charge in [-0.25, -0.2) is 19.9 Å². The third kappa shape index (κ3) is 4.48. The van der Waals surface area contributed by atoms with E-state index in [1.54, 1.807) is 13.3 Å². The van der Waals surface area contributed by atoms with Gasteiger partial charge in [0.1, 0.15) is 11.8 Å². The molecule has 1 atom stereocenters. The molecule has 34 heavy (non-hydrogen) atoms. The topological polar surface area (TPSA) is 109 Å². The molecule has 9 nitrogen and oxygen atoms in total. The number of hydrogen-bond acceptors (Lipinski definition) is 7. The van der Waals surface area contributed by atoms with Crippen LogP contribution in [0, 0.1) is 5.92 Å². The van der Waals surface area contributed by atoms with Gasteiger partial charge in [-0.15, -0.1) is 0 Å². The van der Waals surface area contributed by atoms with Crippen molar-refractivity contribution in [1.82, 2.24) is 29.8 Å². The van der Waals surface area contributed by atoms with Crippen LogP contribution in [0.15, 0.2) is 36.9 Å². The second-order valence-corrected chi connectivity index (χ2v) is 9.05. The summed E-state index contributed by atoms with van der Waals surface area (Å²) in [5.41, 5.74) is 2.15. The van der Waals surface area contributed by atoms with Gasteiger partial charge in [0.2, 0.25) is 11.8 Å². The summed E-state index contributed by atoms with van der Waals surface area (Å²) in [5, 5.41) is 5.76. The van der Waals surface area contributed by atoms with Gasteiger partial charge < -0.3 is 19.9 Å². The van der Waals surface area contributed by atoms with Gasteiger partial charge in [0.15, 0.2) is 11.5 Å². The molecule has 0 radical (unpaired) electrons. The first-order chi connectivity index (χ1) is 16.5. The minimum atomic E-state index is -0.167. The fourth-order valence-corrected chi connectivity index (χ4v) is 4.60. The van der Waals surface area contributed by atoms with Gasteiger partial charge in [-0.05, 0) is 43.2 Å². The van der Waals surface area contributed by atoms with Crippen LogP contribution in [0.3, 0.4) is 0 Å². The smallest absolute Gasteiger partial charge is 0.223 e. The van der Waals surface area contributed by atoms with E-state index in [4.69, 9.17) is 21.3 Å². The number of ether oxygens (including phenoxy) is 1. The molecular formula is C24H26ClN7O2. The van der Waals surface area contributed by atoms with E-state index >= 15 is 0 Å². The number of nitrogens with zero attached hydrogens (tertiary/aromatic N) is 5. The molecule has 3 aromatic heterocycles. The first-order valence-electron chi connectivity index (χ1n) is 11.4. The fraction of sp³-hybridized carbons (Fsp3) is 0.375. The molecule has 0 aliphatic carbocycles. The molecule has 1 amide bonds. The van der Waals surface area contributed by atoms with E-state index in [2.05, 4.69) is 25.3 Å². The second-order valence-electron chi connectivity index (χ2n) is 8.64. The van der Waals surface area contributed by atoms with Gasteiger partial charge in [-0.2, -0.15) is 0 Å². The number of benzene rings is 1. The number of aromatic amines is 1. The van der Waals surface area contributed by atoms with E-state index in [0.29, 0.717) is 40.4 Å². The highest BCUT2D eigenvalue weighted by atomic mass is 35.5. The molecule has 0 saturated carbocycles. The summed E-state index contributed by atoms with van der Waals surface area (Å²) in [4.78, 5) is 34.2. The lowest BCUT2D eigenvalue weighted by molar-refractivity contribution is -0.130. The number of hydrogen-bond donors (Lipinski definition) is 2. The Bertz CT molecular complexity index is 1330. The minimum Gasteiger partial charge on any atom is -0.477 e. The predicted molar refractivity (Wildman–Crippen MR) is 131 cm³/mol. The highest BCUT2D eigenvalue weighted by Gasteiger charge is 2.22. The highest BCUT2D eigenvalue weighted by molar-refractivity contribution is 6.36. The molecule has 1 fully saturated rings. The largest absolute Gasteiger partial charge is 0.477 e. The summed E-state index contributed by atoms with van der Waals surface area (Å²) in [6.07, 6.45) is 4.92. The lowest BCUT2D eigenvalue weighted by Gasteiger charge is -2.31. The van der Waals surface area contributed by atoms with Crippen LogP contribution in [0.4, 0.5) is 5.82 Å². The SMILES string of the molecule is CC(=O)N1CCC(COc2nc(C(C)Nc3ncnc4[nH]cnc34)cc3cccc(Cl)c23)CC1. The zero-order chi connectivity index (χ0) is 23.7. The molecule has 1 aliphatic heterocycles. The van der Waals surface area contributed by atoms with Crippen LogP contribution in [0.2, 0.25) is 5.02 Å². The summed E-state index contributed by atoms with van der Waals surface area (Å²) in [7, 11) is 0. The van der Waals surface area contributed by atoms with Gasteiger partial charge in [0.25, 0.3) is 0 Å². The molecule has 0 spiro atoms. The summed E-state index contributed by atoms with van der Waals surface area (Å²) in [5.74, 6) is 1.65. The van der Waals surface area contributed by atoms with Crippen molar-refractivity contribution in [3.05, 3.63) is 47.6 Å². The van der Waals surface area contributed by atoms with Crippen molar-refractivity contribution in [3.8, 4) is 5.88 Å². The second kappa shape index (κ2) is 9.42. The Hall–Kier alpha value is -3.46. The van der Waals surface area contributed by atoms with E-state index < -0.39 is 0 Å². The zero-order valence-corrected chi connectivity index (χ0v) is 19.8. The lowest BCUT2D eigenvalue weighted by atomic mass is 9.98. The monoisotopic (exact) mass is 479 g/mol. The number of rotatable bonds is 6. The Morgan fingerprint density at radius 1 is 1.29 bits per heavy atom. The van der Waals surface area contributed by atoms with Crippen molar-refractivity contribution in [2.45, 2.75) is 32.7 Å². The number of halogens is 1. The molecule has 1 aliphatic rings. The zero-order valence-electron chi connectivity index (χ0n) is 19.1. The highest BCUT2D eigenvalue weighted by Crippen LogP contribution is 2.34. The molecule has 4 heterocycles. The summed E-state index contributed by atoms with van der Waals surface area (Å²) in [6.45, 7) is 5.69. The number of piperidine rings is 1. The number of H-pyrrole nitrogens is 1. The van der Waals surface area contributed by atoms with Crippen LogP contribution in [0.5, 0.6) is 5.88 Å². The van der Waals surface area contributed by atoms with E-state index in [1.165, 1.54) is 6.33 Å². The average molecular weight is 480 g/mol. The Kier molecular flexibility index (Phi) is 6.19. The molecule has 1 aromatic carbocycles. The number of carbonyl (C=O) groups excluding carboxylic acids is 1. The van der Waals surface area contributed by atoms with Gasteiger partial charge in [-0.3, -0.25) is 4.79 Å². The van der Waals surface area contributed by atoms with E-state index in [1.807, 2.05) is 36.1 Å². The van der Waals surface area contributed by atoms with Gasteiger partial charge in [0.05, 0.1) is 35.1 Å². The third-order valence-corrected chi connectivity index (χ3v) is 6.64. The molecule has 2 N–H and O–H groups in total. The number of amides is 1. The van der Waals surface area contributed by atoms with Crippen molar-refractivity contribution in [3.63, 3.8) is 0 Å². The van der Waals surface area contributed by atoms with Crippen LogP contribution in [0.25, 0.3) is 21.9 Å². The normalized spacial score (nSPS) is 15.6. The van der Waals surface area contributed by atoms with Crippen molar-refractivity contribution in [1.29, 1.82) is 0 Å². The maximum atomic E-state index is 11.6. The molecule has 176 valence electrons. The van der Waals surface area contributed by atoms with Crippen LogP contribution in [-0.2, 0) is 4.79 Å². The van der Waals surface area contributed by atoms with Crippen molar-refractivity contribution in [2.24, 2.45) is 5.92 Å². The number of carbonyl (C=O) groups is 1. The van der Waals surface area contributed by atoms with Gasteiger partial charge in [0, 0.05) is 20.0 Å². The Morgan fingerprint density at radius 3 is 2.91 bits per heavy atom. The molecule has 1 unspecified atom stereocenters. The number of aromatic nitrogens is 5. The average Bonchev–Trinajstić information content (AvgIpc) is 3.33. The number of pyridine rings is 1. The van der Waals surface area contributed by atoms with Crippen LogP contribution >= 0.6 is 11.6 Å². The molecule has 4 aromatic rings. The Balaban J connectivity index is 1.39. The van der Waals surface area contributed by atoms with E-state index in [-0.39, 0.29) is 11.9 Å². The standard InChI is InChI=1S/C24H26ClN7O2/c1-14(30-23-21-22(27-12-26-21)28-13-29-23)19-10-17-4-3-5-18(25)20(17)24(31-19)34-11-16-6-8-32(9-7-16)15(2)33/h3-5,10,12-14,16H,6-9,11H2,1-2H3,(H2,26,27,28,29,30). The summed E-state index contributed by atoms with van der Waals surface area (Å²) in [6, 6.07) is 7.62. The first-order valence-corrected chi connectivity index (χ1v) is 11.8. The van der Waals surface area contributed by atoms with Gasteiger partial charge in [-0.1, -0.05) is 23.7 Å². The van der Waals surface area contributed by atoms with Gasteiger partial charge >= 0.3 is 0 Å². The van der Waals surface area contributed by atoms with Crippen LogP contribution < -0.4 is 10.1 Å². The van der Waals surface area contributed by atoms with Crippen LogP contribution in [-0.4, -0.2) is 55.4 Å². The maximum absolute atomic E-state index is 11.6. The van der Waals surface area contributed by atoms with Crippen molar-refractivity contribution >= 4 is 45.3 Å². The number of anilines is 1. The third-order valence-electron chi connectivity index (χ3n) is 6.32. The fourth-order valence-electron chi connectivity index (χ4n) is 4.34.